The van der Waals surface area contributed by atoms with Crippen LogP contribution >= 0.6 is 0 Å². The Morgan fingerprint density at radius 3 is 1.82 bits per heavy atom. The van der Waals surface area contributed by atoms with Crippen LogP contribution in [-0.4, -0.2) is 35.0 Å². The number of carbonyl (C=O) groups is 1. The van der Waals surface area contributed by atoms with Crippen molar-refractivity contribution in [1.29, 1.82) is 0 Å². The van der Waals surface area contributed by atoms with Crippen LogP contribution in [0.3, 0.4) is 0 Å². The molecular formula is C35H29N3O7. The van der Waals surface area contributed by atoms with Crippen LogP contribution < -0.4 is 30.2 Å². The third-order valence-electron chi connectivity index (χ3n) is 7.27. The number of nitrogens with one attached hydrogen (secondary N) is 3. The lowest BCUT2D eigenvalue weighted by Crippen LogP contribution is -2.21. The molecule has 2 aromatic heterocycles. The maximum Gasteiger partial charge on any atom is 0.327 e. The van der Waals surface area contributed by atoms with Gasteiger partial charge in [0.1, 0.15) is 18.9 Å². The average molecular weight is 604 g/mol. The van der Waals surface area contributed by atoms with E-state index in [0.717, 1.165) is 11.1 Å². The molecule has 10 nitrogen and oxygen atoms in total. The lowest BCUT2D eigenvalue weighted by atomic mass is 9.98. The van der Waals surface area contributed by atoms with Crippen LogP contribution in [0.4, 0.5) is 0 Å². The van der Waals surface area contributed by atoms with Crippen LogP contribution in [0.5, 0.6) is 23.0 Å². The van der Waals surface area contributed by atoms with Crippen LogP contribution in [0.25, 0.3) is 22.2 Å². The van der Waals surface area contributed by atoms with Crippen molar-refractivity contribution in [2.24, 2.45) is 0 Å². The molecule has 0 fully saturated rings. The number of hydrogen-bond donors (Lipinski definition) is 3. The predicted octanol–water partition coefficient (Wildman–Crippen LogP) is 5.62. The second-order valence-electron chi connectivity index (χ2n) is 10.1. The van der Waals surface area contributed by atoms with Gasteiger partial charge in [-0.1, -0.05) is 66.7 Å². The van der Waals surface area contributed by atoms with Crippen LogP contribution in [0.2, 0.25) is 0 Å². The molecule has 0 aliphatic rings. The van der Waals surface area contributed by atoms with Crippen molar-refractivity contribution in [3.63, 3.8) is 0 Å². The van der Waals surface area contributed by atoms with Gasteiger partial charge in [0, 0.05) is 11.1 Å². The first-order chi connectivity index (χ1) is 21.9. The van der Waals surface area contributed by atoms with Crippen LogP contribution in [-0.2, 0) is 13.2 Å². The van der Waals surface area contributed by atoms with Gasteiger partial charge in [-0.3, -0.25) is 19.6 Å². The average Bonchev–Trinajstić information content (AvgIpc) is 3.46. The highest BCUT2D eigenvalue weighted by Crippen LogP contribution is 2.38. The van der Waals surface area contributed by atoms with E-state index >= 15 is 0 Å². The highest BCUT2D eigenvalue weighted by atomic mass is 16.5. The summed E-state index contributed by atoms with van der Waals surface area (Å²) >= 11 is 0. The molecule has 0 amide bonds. The molecule has 0 saturated heterocycles. The summed E-state index contributed by atoms with van der Waals surface area (Å²) in [7, 11) is 3.00. The number of ether oxygens (including phenoxy) is 4. The molecule has 6 aromatic rings. The summed E-state index contributed by atoms with van der Waals surface area (Å²) in [6, 6.07) is 29.4. The van der Waals surface area contributed by atoms with E-state index in [9.17, 15) is 14.4 Å². The van der Waals surface area contributed by atoms with Crippen molar-refractivity contribution in [1.82, 2.24) is 15.0 Å². The number of rotatable bonds is 11. The Labute approximate surface area is 257 Å². The molecule has 3 N–H and O–H groups in total. The van der Waals surface area contributed by atoms with E-state index in [1.54, 1.807) is 36.4 Å². The topological polar surface area (TPSA) is 136 Å². The smallest absolute Gasteiger partial charge is 0.327 e. The number of methoxy groups -OCH3 is 2. The number of aromatic amines is 3. The molecule has 0 spiro atoms. The monoisotopic (exact) mass is 603 g/mol. The van der Waals surface area contributed by atoms with Crippen molar-refractivity contribution < 1.29 is 23.7 Å². The van der Waals surface area contributed by atoms with Crippen molar-refractivity contribution in [3.05, 3.63) is 140 Å². The fourth-order valence-corrected chi connectivity index (χ4v) is 5.08. The van der Waals surface area contributed by atoms with Gasteiger partial charge in [-0.2, -0.15) is 0 Å². The van der Waals surface area contributed by atoms with Crippen LogP contribution in [0.15, 0.2) is 107 Å². The number of aromatic nitrogens is 3. The summed E-state index contributed by atoms with van der Waals surface area (Å²) < 4.78 is 23.1. The summed E-state index contributed by atoms with van der Waals surface area (Å²) in [6.45, 7) is 0.640. The van der Waals surface area contributed by atoms with Gasteiger partial charge in [-0.25, -0.2) is 4.79 Å². The third kappa shape index (κ3) is 6.07. The molecule has 45 heavy (non-hydrogen) atoms. The fraction of sp³-hybridized carbons (Fsp3) is 0.114. The minimum atomic E-state index is -0.705. The molecule has 2 heterocycles. The van der Waals surface area contributed by atoms with Gasteiger partial charge in [-0.15, -0.1) is 0 Å². The molecule has 4 aromatic carbocycles. The van der Waals surface area contributed by atoms with Gasteiger partial charge in [0.15, 0.2) is 23.0 Å². The number of carbonyl (C=O) groups excluding carboxylic acids is 1. The summed E-state index contributed by atoms with van der Waals surface area (Å²) in [5.74, 6) is 1.28. The van der Waals surface area contributed by atoms with E-state index < -0.39 is 17.0 Å². The molecule has 0 atom stereocenters. The predicted molar refractivity (Wildman–Crippen MR) is 170 cm³/mol. The number of ketones is 1. The highest BCUT2D eigenvalue weighted by Gasteiger charge is 2.25. The van der Waals surface area contributed by atoms with E-state index in [-0.39, 0.29) is 22.3 Å². The van der Waals surface area contributed by atoms with Gasteiger partial charge in [-0.05, 0) is 47.0 Å². The number of fused-ring (bicyclic) bond motifs is 1. The summed E-state index contributed by atoms with van der Waals surface area (Å²) in [5, 5.41) is 0.118. The molecule has 0 aliphatic heterocycles. The number of H-pyrrole nitrogens is 3. The first-order valence-electron chi connectivity index (χ1n) is 14.1. The molecule has 0 saturated carbocycles. The van der Waals surface area contributed by atoms with E-state index in [0.29, 0.717) is 47.3 Å². The lowest BCUT2D eigenvalue weighted by Gasteiger charge is -2.14. The normalized spacial score (nSPS) is 10.9. The molecule has 6 rings (SSSR count). The van der Waals surface area contributed by atoms with E-state index in [2.05, 4.69) is 15.0 Å². The Kier molecular flexibility index (Phi) is 8.19. The second-order valence-corrected chi connectivity index (χ2v) is 10.1. The maximum atomic E-state index is 14.1. The molecule has 0 bridgehead atoms. The molecule has 10 heteroatoms. The quantitative estimate of drug-likeness (QED) is 0.164. The van der Waals surface area contributed by atoms with Gasteiger partial charge in [0.05, 0.1) is 25.3 Å². The maximum absolute atomic E-state index is 14.1. The molecule has 0 aliphatic carbocycles. The molecule has 0 unspecified atom stereocenters. The van der Waals surface area contributed by atoms with Crippen molar-refractivity contribution >= 4 is 16.8 Å². The molecular weight excluding hydrogens is 574 g/mol. The zero-order valence-electron chi connectivity index (χ0n) is 24.5. The fourth-order valence-electron chi connectivity index (χ4n) is 5.08. The zero-order valence-corrected chi connectivity index (χ0v) is 24.5. The Morgan fingerprint density at radius 1 is 0.644 bits per heavy atom. The minimum absolute atomic E-state index is 0.0948. The Bertz CT molecular complexity index is 2100. The van der Waals surface area contributed by atoms with Gasteiger partial charge < -0.3 is 23.9 Å². The Hall–Kier alpha value is -6.03. The Morgan fingerprint density at radius 2 is 1.22 bits per heavy atom. The number of hydrogen-bond acceptors (Lipinski definition) is 7. The number of benzene rings is 4. The summed E-state index contributed by atoms with van der Waals surface area (Å²) in [5.41, 5.74) is 1.89. The molecule has 0 radical (unpaired) electrons. The van der Waals surface area contributed by atoms with Crippen molar-refractivity contribution in [2.75, 3.05) is 14.2 Å². The van der Waals surface area contributed by atoms with Gasteiger partial charge in [0.25, 0.3) is 5.56 Å². The Balaban J connectivity index is 1.38. The van der Waals surface area contributed by atoms with Crippen molar-refractivity contribution in [3.8, 4) is 34.1 Å². The first-order valence-corrected chi connectivity index (χ1v) is 14.1. The van der Waals surface area contributed by atoms with Crippen LogP contribution in [0, 0.1) is 0 Å². The van der Waals surface area contributed by atoms with Gasteiger partial charge >= 0.3 is 5.69 Å². The SMILES string of the molecule is COc1cc(C(=O)c2[nH]c3[nH]c(=O)[nH]c(=O)c3c2-c2ccc(OCc3ccccc3)c(OC)c2)ccc1OCc1ccccc1. The first kappa shape index (κ1) is 29.1. The molecule has 226 valence electrons. The van der Waals surface area contributed by atoms with Gasteiger partial charge in [0.2, 0.25) is 5.78 Å². The summed E-state index contributed by atoms with van der Waals surface area (Å²) in [6.07, 6.45) is 0. The second kappa shape index (κ2) is 12.7. The lowest BCUT2D eigenvalue weighted by molar-refractivity contribution is 0.103. The highest BCUT2D eigenvalue weighted by molar-refractivity contribution is 6.16. The van der Waals surface area contributed by atoms with E-state index in [1.165, 1.54) is 14.2 Å². The van der Waals surface area contributed by atoms with Crippen molar-refractivity contribution in [2.45, 2.75) is 13.2 Å². The standard InChI is InChI=1S/C35H29N3O7/c1-42-27-17-23(13-15-25(27)44-19-21-9-5-3-6-10-21)29-30-33(37-35(41)38-34(30)40)36-31(29)32(39)24-14-16-26(28(18-24)43-2)45-20-22-11-7-4-8-12-22/h3-18H,19-20H2,1-2H3,(H3,36,37,38,40,41). The van der Waals surface area contributed by atoms with E-state index in [4.69, 9.17) is 18.9 Å². The van der Waals surface area contributed by atoms with E-state index in [1.807, 2.05) is 60.7 Å². The minimum Gasteiger partial charge on any atom is -0.493 e. The third-order valence-corrected chi connectivity index (χ3v) is 7.27. The zero-order chi connectivity index (χ0) is 31.3. The largest absolute Gasteiger partial charge is 0.493 e. The summed E-state index contributed by atoms with van der Waals surface area (Å²) in [4.78, 5) is 47.1. The van der Waals surface area contributed by atoms with Crippen LogP contribution in [0.1, 0.15) is 27.2 Å².